The van der Waals surface area contributed by atoms with Crippen LogP contribution >= 0.6 is 0 Å². The molecule has 11 nitrogen and oxygen atoms in total. The van der Waals surface area contributed by atoms with Crippen LogP contribution < -0.4 is 0 Å². The van der Waals surface area contributed by atoms with E-state index in [1.54, 1.807) is 24.8 Å². The van der Waals surface area contributed by atoms with Gasteiger partial charge in [-0.25, -0.2) is 0 Å². The highest BCUT2D eigenvalue weighted by Gasteiger charge is 2.11. The van der Waals surface area contributed by atoms with Crippen LogP contribution in [0.4, 0.5) is 0 Å². The van der Waals surface area contributed by atoms with E-state index in [1.165, 1.54) is 0 Å². The standard InChI is InChI=1S/2C5H5N.H2O9S2/c2*1-2-4-6-5-3-1;1-10(2,3)8-7-9-11(4,5)6/h2*1-5H;(H,1,2,3)(H,4,5,6). The first-order chi connectivity index (χ1) is 10.7. The lowest BCUT2D eigenvalue weighted by Crippen LogP contribution is -2.09. The molecule has 2 heterocycles. The number of pyridine rings is 2. The maximum Gasteiger partial charge on any atom is 0.426 e. The SMILES string of the molecule is O=S(=O)(O)OOOS(=O)(=O)O.c1ccncc1.c1ccncc1. The van der Waals surface area contributed by atoms with Crippen molar-refractivity contribution < 1.29 is 39.6 Å². The molecule has 0 amide bonds. The first-order valence-corrected chi connectivity index (χ1v) is 8.13. The molecule has 128 valence electrons. The van der Waals surface area contributed by atoms with Gasteiger partial charge in [0, 0.05) is 24.8 Å². The fourth-order valence-corrected chi connectivity index (χ4v) is 0.938. The molecule has 0 aliphatic heterocycles. The van der Waals surface area contributed by atoms with Crippen molar-refractivity contribution in [3.05, 3.63) is 61.2 Å². The second-order valence-corrected chi connectivity index (χ2v) is 5.09. The molecule has 2 aromatic heterocycles. The lowest BCUT2D eigenvalue weighted by molar-refractivity contribution is -0.412. The predicted molar refractivity (Wildman–Crippen MR) is 74.8 cm³/mol. The molecular formula is C10H12N2O9S2. The van der Waals surface area contributed by atoms with E-state index in [2.05, 4.69) is 23.7 Å². The molecule has 23 heavy (non-hydrogen) atoms. The first-order valence-electron chi connectivity index (χ1n) is 5.40. The predicted octanol–water partition coefficient (Wildman–Crippen LogP) is 0.635. The van der Waals surface area contributed by atoms with Crippen molar-refractivity contribution in [1.29, 1.82) is 0 Å². The quantitative estimate of drug-likeness (QED) is 0.442. The minimum Gasteiger partial charge on any atom is -0.265 e. The lowest BCUT2D eigenvalue weighted by atomic mass is 10.5. The zero-order valence-electron chi connectivity index (χ0n) is 11.2. The minimum atomic E-state index is -4.97. The Kier molecular flexibility index (Phi) is 10.5. The highest BCUT2D eigenvalue weighted by molar-refractivity contribution is 7.81. The van der Waals surface area contributed by atoms with E-state index in [-0.39, 0.29) is 0 Å². The van der Waals surface area contributed by atoms with Crippen LogP contribution in [0.5, 0.6) is 0 Å². The normalized spacial score (nSPS) is 10.5. The number of rotatable bonds is 4. The summed E-state index contributed by atoms with van der Waals surface area (Å²) in [6, 6.07) is 11.4. The molecule has 2 rings (SSSR count). The third-order valence-electron chi connectivity index (χ3n) is 1.36. The van der Waals surface area contributed by atoms with E-state index < -0.39 is 20.8 Å². The second kappa shape index (κ2) is 11.6. The van der Waals surface area contributed by atoms with Crippen molar-refractivity contribution in [1.82, 2.24) is 9.97 Å². The Morgan fingerprint density at radius 3 is 1.04 bits per heavy atom. The number of aromatic nitrogens is 2. The highest BCUT2D eigenvalue weighted by Crippen LogP contribution is 1.92. The molecule has 0 saturated heterocycles. The topological polar surface area (TPSA) is 162 Å². The van der Waals surface area contributed by atoms with Crippen molar-refractivity contribution in [2.45, 2.75) is 0 Å². The first kappa shape index (κ1) is 21.0. The lowest BCUT2D eigenvalue weighted by Gasteiger charge is -1.93. The van der Waals surface area contributed by atoms with Crippen molar-refractivity contribution in [2.75, 3.05) is 0 Å². The summed E-state index contributed by atoms with van der Waals surface area (Å²) in [5.41, 5.74) is 0. The van der Waals surface area contributed by atoms with Crippen LogP contribution in [-0.4, -0.2) is 35.9 Å². The Hall–Kier alpha value is -2.00. The van der Waals surface area contributed by atoms with Crippen LogP contribution in [0.2, 0.25) is 0 Å². The summed E-state index contributed by atoms with van der Waals surface area (Å²) in [5.74, 6) is 0. The summed E-state index contributed by atoms with van der Waals surface area (Å²) in [4.78, 5) is 7.57. The monoisotopic (exact) mass is 368 g/mol. The second-order valence-electron chi connectivity index (χ2n) is 3.11. The summed E-state index contributed by atoms with van der Waals surface area (Å²) < 4.78 is 59.4. The molecule has 0 fully saturated rings. The van der Waals surface area contributed by atoms with E-state index in [4.69, 9.17) is 9.11 Å². The average molecular weight is 368 g/mol. The van der Waals surface area contributed by atoms with Crippen molar-refractivity contribution in [2.24, 2.45) is 0 Å². The zero-order chi connectivity index (χ0) is 17.6. The summed E-state index contributed by atoms with van der Waals surface area (Å²) in [6.07, 6.45) is 7.00. The van der Waals surface area contributed by atoms with Crippen LogP contribution in [0.25, 0.3) is 0 Å². The molecular weight excluding hydrogens is 356 g/mol. The van der Waals surface area contributed by atoms with Crippen LogP contribution in [0, 0.1) is 0 Å². The molecule has 0 atom stereocenters. The van der Waals surface area contributed by atoms with Gasteiger partial charge in [0.2, 0.25) is 0 Å². The highest BCUT2D eigenvalue weighted by atomic mass is 32.3. The van der Waals surface area contributed by atoms with Gasteiger partial charge in [0.15, 0.2) is 0 Å². The van der Waals surface area contributed by atoms with Gasteiger partial charge in [-0.1, -0.05) is 20.8 Å². The van der Waals surface area contributed by atoms with Crippen LogP contribution in [0.1, 0.15) is 0 Å². The average Bonchev–Trinajstić information content (AvgIpc) is 2.49. The fraction of sp³-hybridized carbons (Fsp3) is 0. The van der Waals surface area contributed by atoms with E-state index in [9.17, 15) is 16.8 Å². The smallest absolute Gasteiger partial charge is 0.265 e. The van der Waals surface area contributed by atoms with Gasteiger partial charge in [-0.15, -0.1) is 0 Å². The Morgan fingerprint density at radius 2 is 0.913 bits per heavy atom. The van der Waals surface area contributed by atoms with Crippen LogP contribution in [-0.2, 0) is 34.5 Å². The van der Waals surface area contributed by atoms with Crippen LogP contribution in [0.3, 0.4) is 0 Å². The van der Waals surface area contributed by atoms with Gasteiger partial charge >= 0.3 is 20.8 Å². The van der Waals surface area contributed by atoms with E-state index in [0.29, 0.717) is 0 Å². The molecule has 0 unspecified atom stereocenters. The van der Waals surface area contributed by atoms with Gasteiger partial charge in [-0.3, -0.25) is 19.1 Å². The molecule has 0 aliphatic rings. The molecule has 2 N–H and O–H groups in total. The third kappa shape index (κ3) is 20.0. The fourth-order valence-electron chi connectivity index (χ4n) is 0.707. The zero-order valence-corrected chi connectivity index (χ0v) is 12.9. The van der Waals surface area contributed by atoms with E-state index in [0.717, 1.165) is 0 Å². The van der Waals surface area contributed by atoms with Gasteiger partial charge in [0.25, 0.3) is 0 Å². The Bertz CT molecular complexity index is 592. The summed E-state index contributed by atoms with van der Waals surface area (Å²) in [6.45, 7) is 0. The van der Waals surface area contributed by atoms with Crippen molar-refractivity contribution in [3.8, 4) is 0 Å². The van der Waals surface area contributed by atoms with E-state index >= 15 is 0 Å². The van der Waals surface area contributed by atoms with Gasteiger partial charge in [-0.2, -0.15) is 16.8 Å². The van der Waals surface area contributed by atoms with Crippen LogP contribution in [0.15, 0.2) is 61.2 Å². The molecule has 0 saturated carbocycles. The maximum atomic E-state index is 9.57. The van der Waals surface area contributed by atoms with Gasteiger partial charge in [0.05, 0.1) is 0 Å². The summed E-state index contributed by atoms with van der Waals surface area (Å²) in [7, 11) is -9.94. The number of hydrogen-bond acceptors (Lipinski definition) is 9. The van der Waals surface area contributed by atoms with E-state index in [1.807, 2.05) is 36.4 Å². The largest absolute Gasteiger partial charge is 0.426 e. The van der Waals surface area contributed by atoms with Gasteiger partial charge in [0.1, 0.15) is 0 Å². The Labute approximate surface area is 132 Å². The molecule has 0 aromatic carbocycles. The molecule has 0 spiro atoms. The number of hydrogen-bond donors (Lipinski definition) is 2. The molecule has 0 radical (unpaired) electrons. The molecule has 0 aliphatic carbocycles. The van der Waals surface area contributed by atoms with Crippen molar-refractivity contribution in [3.63, 3.8) is 0 Å². The summed E-state index contributed by atoms with van der Waals surface area (Å²) >= 11 is 0. The number of nitrogens with zero attached hydrogens (tertiary/aromatic N) is 2. The molecule has 2 aromatic rings. The van der Waals surface area contributed by atoms with Gasteiger partial charge < -0.3 is 0 Å². The molecule has 13 heteroatoms. The summed E-state index contributed by atoms with van der Waals surface area (Å²) in [5, 5.41) is 2.89. The van der Waals surface area contributed by atoms with Crippen molar-refractivity contribution >= 4 is 20.8 Å². The Morgan fingerprint density at radius 1 is 0.609 bits per heavy atom. The maximum absolute atomic E-state index is 9.57. The Balaban J connectivity index is 0.000000339. The third-order valence-corrected chi connectivity index (χ3v) is 1.82. The molecule has 0 bridgehead atoms. The van der Waals surface area contributed by atoms with Gasteiger partial charge in [-0.05, 0) is 29.3 Å². The minimum absolute atomic E-state index is 1.75.